The van der Waals surface area contributed by atoms with Gasteiger partial charge in [-0.15, -0.1) is 11.8 Å². The zero-order valence-electron chi connectivity index (χ0n) is 15.8. The maximum absolute atomic E-state index is 12.5. The molecule has 0 aliphatic carbocycles. The number of rotatable bonds is 7. The molecule has 2 heterocycles. The number of thioether (sulfide) groups is 2. The summed E-state index contributed by atoms with van der Waals surface area (Å²) in [5.74, 6) is 0.954. The molecule has 0 bridgehead atoms. The largest absolute Gasteiger partial charge is 0.430 e. The number of anilines is 1. The van der Waals surface area contributed by atoms with Crippen molar-refractivity contribution in [2.75, 3.05) is 11.1 Å². The van der Waals surface area contributed by atoms with E-state index < -0.39 is 0 Å². The summed E-state index contributed by atoms with van der Waals surface area (Å²) in [6.45, 7) is 1.90. The van der Waals surface area contributed by atoms with E-state index in [0.29, 0.717) is 16.5 Å². The number of para-hydroxylation sites is 1. The smallest absolute Gasteiger partial charge is 0.258 e. The minimum Gasteiger partial charge on any atom is -0.430 e. The van der Waals surface area contributed by atoms with E-state index in [2.05, 4.69) is 27.4 Å². The lowest BCUT2D eigenvalue weighted by Crippen LogP contribution is -2.14. The van der Waals surface area contributed by atoms with E-state index in [-0.39, 0.29) is 11.7 Å². The maximum atomic E-state index is 12.5. The van der Waals surface area contributed by atoms with Gasteiger partial charge in [0.25, 0.3) is 5.22 Å². The van der Waals surface area contributed by atoms with Gasteiger partial charge in [-0.3, -0.25) is 4.79 Å². The second kappa shape index (κ2) is 9.15. The van der Waals surface area contributed by atoms with Crippen LogP contribution in [0.25, 0.3) is 11.2 Å². The molecule has 0 atom stereocenters. The Balaban J connectivity index is 1.36. The number of fused-ring (bicyclic) bond motifs is 1. The molecule has 2 aromatic heterocycles. The molecule has 7 heteroatoms. The summed E-state index contributed by atoms with van der Waals surface area (Å²) in [5.41, 5.74) is 4.13. The highest BCUT2D eigenvalue weighted by atomic mass is 32.2. The average molecular weight is 422 g/mol. The predicted octanol–water partition coefficient (Wildman–Crippen LogP) is 5.55. The highest BCUT2D eigenvalue weighted by molar-refractivity contribution is 7.99. The third kappa shape index (κ3) is 5.19. The minimum absolute atomic E-state index is 0.103. The van der Waals surface area contributed by atoms with Gasteiger partial charge in [-0.25, -0.2) is 4.98 Å². The number of pyridine rings is 1. The highest BCUT2D eigenvalue weighted by Gasteiger charge is 2.12. The first-order valence-corrected chi connectivity index (χ1v) is 11.1. The van der Waals surface area contributed by atoms with Gasteiger partial charge in [-0.2, -0.15) is 4.98 Å². The number of nitrogens with one attached hydrogen (secondary N) is 1. The van der Waals surface area contributed by atoms with Gasteiger partial charge in [0.05, 0.1) is 11.4 Å². The Kier molecular flexibility index (Phi) is 6.17. The number of carbonyl (C=O) groups excluding carboxylic acids is 1. The quantitative estimate of drug-likeness (QED) is 0.394. The number of aryl methyl sites for hydroxylation is 1. The Labute approximate surface area is 177 Å². The number of aromatic nitrogens is 2. The average Bonchev–Trinajstić information content (AvgIpc) is 3.14. The van der Waals surface area contributed by atoms with Gasteiger partial charge >= 0.3 is 0 Å². The lowest BCUT2D eigenvalue weighted by atomic mass is 10.2. The SMILES string of the molecule is Cc1ccc2oc(SCC(=O)Nc3ccccc3SCc3ccccc3)nc2n1. The van der Waals surface area contributed by atoms with Crippen LogP contribution in [-0.4, -0.2) is 21.6 Å². The van der Waals surface area contributed by atoms with E-state index in [4.69, 9.17) is 4.42 Å². The molecule has 146 valence electrons. The number of amides is 1. The third-order valence-corrected chi connectivity index (χ3v) is 6.07. The maximum Gasteiger partial charge on any atom is 0.258 e. The van der Waals surface area contributed by atoms with Crippen molar-refractivity contribution in [1.82, 2.24) is 9.97 Å². The number of carbonyl (C=O) groups is 1. The first-order valence-electron chi connectivity index (χ1n) is 9.10. The molecule has 0 unspecified atom stereocenters. The number of oxazole rings is 1. The van der Waals surface area contributed by atoms with Crippen molar-refractivity contribution >= 4 is 46.3 Å². The summed E-state index contributed by atoms with van der Waals surface area (Å²) < 4.78 is 5.64. The number of benzene rings is 2. The Bertz CT molecular complexity index is 1130. The van der Waals surface area contributed by atoms with Gasteiger partial charge < -0.3 is 9.73 Å². The van der Waals surface area contributed by atoms with E-state index in [1.165, 1.54) is 17.3 Å². The van der Waals surface area contributed by atoms with Crippen LogP contribution in [-0.2, 0) is 10.5 Å². The lowest BCUT2D eigenvalue weighted by molar-refractivity contribution is -0.113. The Morgan fingerprint density at radius 3 is 2.62 bits per heavy atom. The van der Waals surface area contributed by atoms with Gasteiger partial charge in [0.1, 0.15) is 0 Å². The molecule has 1 amide bonds. The van der Waals surface area contributed by atoms with Crippen molar-refractivity contribution in [1.29, 1.82) is 0 Å². The number of hydrogen-bond acceptors (Lipinski definition) is 6. The first kappa shape index (κ1) is 19.5. The highest BCUT2D eigenvalue weighted by Crippen LogP contribution is 2.30. The molecule has 1 N–H and O–H groups in total. The van der Waals surface area contributed by atoms with Crippen molar-refractivity contribution in [3.05, 3.63) is 78.0 Å². The van der Waals surface area contributed by atoms with E-state index in [0.717, 1.165) is 22.0 Å². The van der Waals surface area contributed by atoms with Crippen LogP contribution in [0.15, 0.2) is 81.3 Å². The van der Waals surface area contributed by atoms with Crippen molar-refractivity contribution in [2.45, 2.75) is 22.8 Å². The summed E-state index contributed by atoms with van der Waals surface area (Å²) in [6.07, 6.45) is 0. The molecule has 2 aromatic carbocycles. The summed E-state index contributed by atoms with van der Waals surface area (Å²) in [7, 11) is 0. The van der Waals surface area contributed by atoms with Crippen molar-refractivity contribution in [3.63, 3.8) is 0 Å². The van der Waals surface area contributed by atoms with Crippen molar-refractivity contribution in [2.24, 2.45) is 0 Å². The Morgan fingerprint density at radius 2 is 1.76 bits per heavy atom. The summed E-state index contributed by atoms with van der Waals surface area (Å²) in [4.78, 5) is 22.2. The topological polar surface area (TPSA) is 68.0 Å². The second-order valence-corrected chi connectivity index (χ2v) is 8.31. The molecule has 5 nitrogen and oxygen atoms in total. The Morgan fingerprint density at radius 1 is 0.966 bits per heavy atom. The molecular formula is C22H19N3O2S2. The van der Waals surface area contributed by atoms with Gasteiger partial charge in [0, 0.05) is 16.3 Å². The van der Waals surface area contributed by atoms with Crippen LogP contribution >= 0.6 is 23.5 Å². The third-order valence-electron chi connectivity index (χ3n) is 4.10. The van der Waals surface area contributed by atoms with Crippen molar-refractivity contribution < 1.29 is 9.21 Å². The molecular weight excluding hydrogens is 402 g/mol. The van der Waals surface area contributed by atoms with E-state index in [1.54, 1.807) is 11.8 Å². The monoisotopic (exact) mass is 421 g/mol. The first-order chi connectivity index (χ1) is 14.2. The molecule has 4 rings (SSSR count). The zero-order valence-corrected chi connectivity index (χ0v) is 17.4. The molecule has 0 radical (unpaired) electrons. The molecule has 0 saturated heterocycles. The van der Waals surface area contributed by atoms with E-state index >= 15 is 0 Å². The number of nitrogens with zero attached hydrogens (tertiary/aromatic N) is 2. The van der Waals surface area contributed by atoms with Crippen LogP contribution in [0, 0.1) is 6.92 Å². The van der Waals surface area contributed by atoms with Gasteiger partial charge in [0.15, 0.2) is 11.2 Å². The normalized spacial score (nSPS) is 10.9. The van der Waals surface area contributed by atoms with E-state index in [1.807, 2.05) is 61.5 Å². The summed E-state index contributed by atoms with van der Waals surface area (Å²) in [5, 5.41) is 3.44. The van der Waals surface area contributed by atoms with Crippen LogP contribution in [0.4, 0.5) is 5.69 Å². The van der Waals surface area contributed by atoms with Crippen molar-refractivity contribution in [3.8, 4) is 0 Å². The standard InChI is InChI=1S/C22H19N3O2S2/c1-15-11-12-18-21(23-15)25-22(27-18)29-14-20(26)24-17-9-5-6-10-19(17)28-13-16-7-3-2-4-8-16/h2-12H,13-14H2,1H3,(H,24,26). The molecule has 0 aliphatic rings. The molecule has 0 aliphatic heterocycles. The predicted molar refractivity (Wildman–Crippen MR) is 118 cm³/mol. The Hall–Kier alpha value is -2.77. The van der Waals surface area contributed by atoms with Gasteiger partial charge in [-0.05, 0) is 36.8 Å². The van der Waals surface area contributed by atoms with Crippen LogP contribution < -0.4 is 5.32 Å². The molecule has 0 fully saturated rings. The summed E-state index contributed by atoms with van der Waals surface area (Å²) in [6, 6.07) is 21.8. The van der Waals surface area contributed by atoms with Crippen LogP contribution in [0.5, 0.6) is 0 Å². The fourth-order valence-corrected chi connectivity index (χ4v) is 4.29. The zero-order chi connectivity index (χ0) is 20.1. The minimum atomic E-state index is -0.103. The molecule has 0 spiro atoms. The molecule has 4 aromatic rings. The number of hydrogen-bond donors (Lipinski definition) is 1. The van der Waals surface area contributed by atoms with Gasteiger partial charge in [-0.1, -0.05) is 54.2 Å². The lowest BCUT2D eigenvalue weighted by Gasteiger charge is -2.10. The molecule has 0 saturated carbocycles. The van der Waals surface area contributed by atoms with Crippen LogP contribution in [0.3, 0.4) is 0 Å². The summed E-state index contributed by atoms with van der Waals surface area (Å²) >= 11 is 2.96. The second-order valence-electron chi connectivity index (χ2n) is 6.36. The fourth-order valence-electron chi connectivity index (χ4n) is 2.70. The van der Waals surface area contributed by atoms with E-state index in [9.17, 15) is 4.79 Å². The fraction of sp³-hybridized carbons (Fsp3) is 0.136. The van der Waals surface area contributed by atoms with Gasteiger partial charge in [0.2, 0.25) is 5.91 Å². The van der Waals surface area contributed by atoms with Crippen LogP contribution in [0.2, 0.25) is 0 Å². The van der Waals surface area contributed by atoms with Crippen LogP contribution in [0.1, 0.15) is 11.3 Å². The molecule has 29 heavy (non-hydrogen) atoms.